The first-order valence-corrected chi connectivity index (χ1v) is 10.0. The van der Waals surface area contributed by atoms with E-state index in [0.29, 0.717) is 27.6 Å². The first-order valence-electron chi connectivity index (χ1n) is 9.64. The van der Waals surface area contributed by atoms with Gasteiger partial charge in [0.2, 0.25) is 0 Å². The van der Waals surface area contributed by atoms with E-state index in [0.717, 1.165) is 5.52 Å². The standard InChI is InChI=1S/C22H18ClN3O6/c1-3-31-22(27)21-13(11-30-2)19-16(10-24-21)25-15-5-4-6-18(20(15)19)32-17-8-7-12(26(28)29)9-14(17)23/h4-10,25H,3,11H2,1-2H3. The minimum absolute atomic E-state index is 0.0991. The van der Waals surface area contributed by atoms with Crippen LogP contribution in [0.25, 0.3) is 21.8 Å². The fourth-order valence-corrected chi connectivity index (χ4v) is 3.73. The first-order chi connectivity index (χ1) is 15.4. The molecule has 0 atom stereocenters. The second-order valence-corrected chi connectivity index (χ2v) is 7.21. The molecule has 0 bridgehead atoms. The molecule has 1 N–H and O–H groups in total. The van der Waals surface area contributed by atoms with Crippen molar-refractivity contribution in [3.8, 4) is 11.5 Å². The Bertz CT molecular complexity index is 1350. The number of aromatic nitrogens is 2. The summed E-state index contributed by atoms with van der Waals surface area (Å²) < 4.78 is 16.6. The van der Waals surface area contributed by atoms with E-state index in [2.05, 4.69) is 9.97 Å². The number of nitro groups is 1. The van der Waals surface area contributed by atoms with Gasteiger partial charge in [-0.3, -0.25) is 10.1 Å². The van der Waals surface area contributed by atoms with Crippen molar-refractivity contribution in [1.29, 1.82) is 0 Å². The number of benzene rings is 2. The maximum Gasteiger partial charge on any atom is 0.357 e. The van der Waals surface area contributed by atoms with Crippen LogP contribution in [-0.4, -0.2) is 34.6 Å². The van der Waals surface area contributed by atoms with Crippen molar-refractivity contribution in [2.45, 2.75) is 13.5 Å². The van der Waals surface area contributed by atoms with Crippen LogP contribution in [0.3, 0.4) is 0 Å². The van der Waals surface area contributed by atoms with Gasteiger partial charge >= 0.3 is 5.97 Å². The van der Waals surface area contributed by atoms with E-state index in [1.165, 1.54) is 25.3 Å². The third-order valence-electron chi connectivity index (χ3n) is 4.83. The number of fused-ring (bicyclic) bond motifs is 3. The van der Waals surface area contributed by atoms with Crippen molar-refractivity contribution < 1.29 is 23.9 Å². The Morgan fingerprint density at radius 1 is 1.19 bits per heavy atom. The number of nitrogens with zero attached hydrogens (tertiary/aromatic N) is 2. The highest BCUT2D eigenvalue weighted by Crippen LogP contribution is 2.40. The molecule has 10 heteroatoms. The SMILES string of the molecule is CCOC(=O)c1ncc2[nH]c3cccc(Oc4ccc([N+](=O)[O-])cc4Cl)c3c2c1COC. The van der Waals surface area contributed by atoms with Crippen LogP contribution in [0.4, 0.5) is 5.69 Å². The molecule has 0 aliphatic heterocycles. The third-order valence-corrected chi connectivity index (χ3v) is 5.12. The minimum atomic E-state index is -0.549. The molecule has 4 aromatic rings. The number of non-ortho nitro benzene ring substituents is 1. The lowest BCUT2D eigenvalue weighted by atomic mass is 10.0. The van der Waals surface area contributed by atoms with Crippen LogP contribution >= 0.6 is 11.6 Å². The number of nitro benzene ring substituents is 1. The van der Waals surface area contributed by atoms with E-state index in [9.17, 15) is 14.9 Å². The number of hydrogen-bond donors (Lipinski definition) is 1. The zero-order valence-electron chi connectivity index (χ0n) is 17.2. The average Bonchev–Trinajstić information content (AvgIpc) is 3.15. The third kappa shape index (κ3) is 3.83. The van der Waals surface area contributed by atoms with E-state index in [4.69, 9.17) is 25.8 Å². The van der Waals surface area contributed by atoms with Gasteiger partial charge in [-0.2, -0.15) is 0 Å². The predicted molar refractivity (Wildman–Crippen MR) is 118 cm³/mol. The van der Waals surface area contributed by atoms with Gasteiger partial charge in [0.15, 0.2) is 5.69 Å². The fraction of sp³-hybridized carbons (Fsp3) is 0.182. The van der Waals surface area contributed by atoms with Crippen LogP contribution in [0.1, 0.15) is 23.0 Å². The van der Waals surface area contributed by atoms with Gasteiger partial charge in [0.05, 0.1) is 45.8 Å². The number of hydrogen-bond acceptors (Lipinski definition) is 7. The molecule has 0 saturated heterocycles. The van der Waals surface area contributed by atoms with E-state index in [1.54, 1.807) is 25.3 Å². The molecule has 0 aliphatic rings. The Kier molecular flexibility index (Phi) is 5.93. The molecule has 0 radical (unpaired) electrons. The molecule has 32 heavy (non-hydrogen) atoms. The molecule has 0 unspecified atom stereocenters. The highest BCUT2D eigenvalue weighted by atomic mass is 35.5. The maximum absolute atomic E-state index is 12.5. The molecule has 0 saturated carbocycles. The second kappa shape index (κ2) is 8.81. The van der Waals surface area contributed by atoms with Gasteiger partial charge in [-0.25, -0.2) is 9.78 Å². The molecule has 0 aliphatic carbocycles. The Morgan fingerprint density at radius 2 is 2.00 bits per heavy atom. The van der Waals surface area contributed by atoms with Crippen LogP contribution in [-0.2, 0) is 16.1 Å². The van der Waals surface area contributed by atoms with Crippen LogP contribution in [0, 0.1) is 10.1 Å². The van der Waals surface area contributed by atoms with Gasteiger partial charge in [0.1, 0.15) is 11.5 Å². The quantitative estimate of drug-likeness (QED) is 0.225. The first kappa shape index (κ1) is 21.5. The molecule has 2 heterocycles. The number of carbonyl (C=O) groups excluding carboxylic acids is 1. The Morgan fingerprint density at radius 3 is 2.69 bits per heavy atom. The highest BCUT2D eigenvalue weighted by Gasteiger charge is 2.22. The summed E-state index contributed by atoms with van der Waals surface area (Å²) in [6.07, 6.45) is 1.56. The topological polar surface area (TPSA) is 117 Å². The molecule has 164 valence electrons. The summed E-state index contributed by atoms with van der Waals surface area (Å²) >= 11 is 6.22. The van der Waals surface area contributed by atoms with E-state index >= 15 is 0 Å². The number of H-pyrrole nitrogens is 1. The van der Waals surface area contributed by atoms with Crippen molar-refractivity contribution in [2.24, 2.45) is 0 Å². The number of ether oxygens (including phenoxy) is 3. The number of esters is 1. The lowest BCUT2D eigenvalue weighted by molar-refractivity contribution is -0.384. The molecule has 0 amide bonds. The summed E-state index contributed by atoms with van der Waals surface area (Å²) in [5.74, 6) is 0.155. The molecular formula is C22H18ClN3O6. The van der Waals surface area contributed by atoms with Gasteiger partial charge in [-0.1, -0.05) is 17.7 Å². The molecular weight excluding hydrogens is 438 g/mol. The van der Waals surface area contributed by atoms with Crippen molar-refractivity contribution in [2.75, 3.05) is 13.7 Å². The maximum atomic E-state index is 12.5. The largest absolute Gasteiger partial charge is 0.461 e. The fourth-order valence-electron chi connectivity index (χ4n) is 3.52. The number of halogens is 1. The Labute approximate surface area is 187 Å². The van der Waals surface area contributed by atoms with E-state index in [-0.39, 0.29) is 35.4 Å². The van der Waals surface area contributed by atoms with Crippen molar-refractivity contribution in [3.63, 3.8) is 0 Å². The van der Waals surface area contributed by atoms with Crippen LogP contribution in [0.15, 0.2) is 42.6 Å². The number of pyridine rings is 1. The minimum Gasteiger partial charge on any atom is -0.461 e. The lowest BCUT2D eigenvalue weighted by Crippen LogP contribution is -2.11. The number of aromatic amines is 1. The monoisotopic (exact) mass is 455 g/mol. The van der Waals surface area contributed by atoms with Gasteiger partial charge in [0, 0.05) is 30.2 Å². The van der Waals surface area contributed by atoms with Crippen LogP contribution in [0.5, 0.6) is 11.5 Å². The average molecular weight is 456 g/mol. The summed E-state index contributed by atoms with van der Waals surface area (Å²) in [5.41, 5.74) is 2.01. The molecule has 9 nitrogen and oxygen atoms in total. The molecule has 0 fully saturated rings. The smallest absolute Gasteiger partial charge is 0.357 e. The number of rotatable bonds is 7. The van der Waals surface area contributed by atoms with Crippen molar-refractivity contribution in [1.82, 2.24) is 9.97 Å². The Balaban J connectivity index is 1.92. The molecule has 2 aromatic carbocycles. The number of carbonyl (C=O) groups is 1. The summed E-state index contributed by atoms with van der Waals surface area (Å²) in [4.78, 5) is 30.5. The zero-order valence-corrected chi connectivity index (χ0v) is 17.9. The molecule has 0 spiro atoms. The normalized spacial score (nSPS) is 11.1. The van der Waals surface area contributed by atoms with Gasteiger partial charge < -0.3 is 19.2 Å². The number of nitrogens with one attached hydrogen (secondary N) is 1. The molecule has 4 rings (SSSR count). The van der Waals surface area contributed by atoms with Gasteiger partial charge in [-0.15, -0.1) is 0 Å². The number of methoxy groups -OCH3 is 1. The van der Waals surface area contributed by atoms with Crippen molar-refractivity contribution >= 4 is 45.1 Å². The summed E-state index contributed by atoms with van der Waals surface area (Å²) in [5, 5.41) is 12.5. The summed E-state index contributed by atoms with van der Waals surface area (Å²) in [6.45, 7) is 2.06. The lowest BCUT2D eigenvalue weighted by Gasteiger charge is -2.12. The van der Waals surface area contributed by atoms with Gasteiger partial charge in [-0.05, 0) is 25.1 Å². The van der Waals surface area contributed by atoms with Crippen LogP contribution < -0.4 is 4.74 Å². The Hall–Kier alpha value is -3.69. The van der Waals surface area contributed by atoms with Gasteiger partial charge in [0.25, 0.3) is 5.69 Å². The summed E-state index contributed by atoms with van der Waals surface area (Å²) in [6, 6.07) is 9.38. The predicted octanol–water partition coefficient (Wildman–Crippen LogP) is 5.39. The van der Waals surface area contributed by atoms with Crippen molar-refractivity contribution in [3.05, 3.63) is 69.0 Å². The molecule has 2 aromatic heterocycles. The van der Waals surface area contributed by atoms with Crippen LogP contribution in [0.2, 0.25) is 5.02 Å². The highest BCUT2D eigenvalue weighted by molar-refractivity contribution is 6.32. The summed E-state index contributed by atoms with van der Waals surface area (Å²) in [7, 11) is 1.52. The second-order valence-electron chi connectivity index (χ2n) is 6.81. The van der Waals surface area contributed by atoms with E-state index < -0.39 is 10.9 Å². The zero-order chi connectivity index (χ0) is 22.8. The van der Waals surface area contributed by atoms with E-state index in [1.807, 2.05) is 6.07 Å².